The molecule has 0 aliphatic rings. The van der Waals surface area contributed by atoms with Crippen molar-refractivity contribution in [2.24, 2.45) is 17.4 Å². The van der Waals surface area contributed by atoms with E-state index < -0.39 is 0 Å². The van der Waals surface area contributed by atoms with Gasteiger partial charge in [0.25, 0.3) is 0 Å². The van der Waals surface area contributed by atoms with E-state index in [1.165, 1.54) is 7.11 Å². The number of imidazole rings is 1. The lowest BCUT2D eigenvalue weighted by atomic mass is 10.0. The van der Waals surface area contributed by atoms with Crippen LogP contribution in [0, 0.1) is 0 Å². The van der Waals surface area contributed by atoms with Crippen LogP contribution in [0.4, 0.5) is 0 Å². The van der Waals surface area contributed by atoms with Gasteiger partial charge in [-0.05, 0) is 24.6 Å². The number of oxime groups is 2. The highest BCUT2D eigenvalue weighted by Crippen LogP contribution is 2.21. The minimum absolute atomic E-state index is 0.233. The molecule has 1 aromatic heterocycles. The zero-order valence-electron chi connectivity index (χ0n) is 15.9. The maximum absolute atomic E-state index is 6.04. The summed E-state index contributed by atoms with van der Waals surface area (Å²) in [6, 6.07) is 15.2. The molecule has 3 aromatic rings. The molecule has 3 rings (SSSR count). The van der Waals surface area contributed by atoms with Crippen LogP contribution in [0.2, 0.25) is 5.02 Å². The molecular formula is C21H21ClN4O2. The summed E-state index contributed by atoms with van der Waals surface area (Å²) in [7, 11) is 3.41. The van der Waals surface area contributed by atoms with Gasteiger partial charge < -0.3 is 14.2 Å². The molecule has 1 atom stereocenters. The molecule has 0 radical (unpaired) electrons. The lowest BCUT2D eigenvalue weighted by Crippen LogP contribution is -2.13. The molecule has 0 saturated heterocycles. The molecule has 7 heteroatoms. The van der Waals surface area contributed by atoms with E-state index in [1.54, 1.807) is 12.4 Å². The number of hydrogen-bond acceptors (Lipinski definition) is 5. The van der Waals surface area contributed by atoms with Crippen molar-refractivity contribution in [2.45, 2.75) is 13.0 Å². The molecule has 1 heterocycles. The number of nitrogens with zero attached hydrogens (tertiary/aromatic N) is 4. The number of aryl methyl sites for hydroxylation is 1. The van der Waals surface area contributed by atoms with E-state index in [0.29, 0.717) is 16.6 Å². The van der Waals surface area contributed by atoms with Gasteiger partial charge >= 0.3 is 0 Å². The van der Waals surface area contributed by atoms with Gasteiger partial charge in [0.15, 0.2) is 11.5 Å². The Bertz CT molecular complexity index is 997. The van der Waals surface area contributed by atoms with E-state index >= 15 is 0 Å². The van der Waals surface area contributed by atoms with Gasteiger partial charge in [0.1, 0.15) is 13.2 Å². The van der Waals surface area contributed by atoms with Crippen LogP contribution in [0.5, 0.6) is 0 Å². The van der Waals surface area contributed by atoms with Crippen molar-refractivity contribution in [3.63, 3.8) is 0 Å². The fourth-order valence-corrected chi connectivity index (χ4v) is 2.92. The van der Waals surface area contributed by atoms with Crippen molar-refractivity contribution >= 4 is 23.5 Å². The SMILES string of the molecule is CO/N=C(\c1ccccc1/C=N/OC(C)c1cccc(Cl)c1)c1nccn1C. The first-order valence-electron chi connectivity index (χ1n) is 8.73. The predicted molar refractivity (Wildman–Crippen MR) is 111 cm³/mol. The fourth-order valence-electron chi connectivity index (χ4n) is 2.72. The Morgan fingerprint density at radius 2 is 2.04 bits per heavy atom. The molecule has 0 N–H and O–H groups in total. The van der Waals surface area contributed by atoms with Crippen LogP contribution in [0.15, 0.2) is 71.2 Å². The van der Waals surface area contributed by atoms with Gasteiger partial charge in [0, 0.05) is 35.6 Å². The zero-order valence-corrected chi connectivity index (χ0v) is 16.7. The Morgan fingerprint density at radius 3 is 2.75 bits per heavy atom. The molecule has 0 fully saturated rings. The normalized spacial score (nSPS) is 12.9. The maximum atomic E-state index is 6.04. The Balaban J connectivity index is 1.85. The van der Waals surface area contributed by atoms with E-state index in [2.05, 4.69) is 15.3 Å². The van der Waals surface area contributed by atoms with Crippen LogP contribution < -0.4 is 0 Å². The lowest BCUT2D eigenvalue weighted by Gasteiger charge is -2.11. The monoisotopic (exact) mass is 396 g/mol. The van der Waals surface area contributed by atoms with Crippen LogP contribution >= 0.6 is 11.6 Å². The summed E-state index contributed by atoms with van der Waals surface area (Å²) >= 11 is 6.04. The van der Waals surface area contributed by atoms with Gasteiger partial charge in [-0.25, -0.2) is 4.98 Å². The molecule has 144 valence electrons. The van der Waals surface area contributed by atoms with Crippen molar-refractivity contribution in [3.8, 4) is 0 Å². The van der Waals surface area contributed by atoms with Crippen LogP contribution in [-0.4, -0.2) is 28.6 Å². The van der Waals surface area contributed by atoms with Crippen LogP contribution in [0.1, 0.15) is 35.5 Å². The summed E-state index contributed by atoms with van der Waals surface area (Å²) < 4.78 is 1.88. The lowest BCUT2D eigenvalue weighted by molar-refractivity contribution is 0.0736. The highest BCUT2D eigenvalue weighted by atomic mass is 35.5. The minimum atomic E-state index is -0.233. The summed E-state index contributed by atoms with van der Waals surface area (Å²) in [5, 5.41) is 9.00. The van der Waals surface area contributed by atoms with E-state index in [9.17, 15) is 0 Å². The Kier molecular flexibility index (Phi) is 6.45. The van der Waals surface area contributed by atoms with Gasteiger partial charge in [-0.1, -0.05) is 58.3 Å². The molecule has 2 aromatic carbocycles. The third kappa shape index (κ3) is 4.58. The second-order valence-electron chi connectivity index (χ2n) is 6.11. The Hall–Kier alpha value is -3.12. The van der Waals surface area contributed by atoms with Gasteiger partial charge in [-0.2, -0.15) is 0 Å². The van der Waals surface area contributed by atoms with Crippen molar-refractivity contribution in [2.75, 3.05) is 7.11 Å². The first-order chi connectivity index (χ1) is 13.6. The molecule has 0 aliphatic heterocycles. The largest absolute Gasteiger partial charge is 0.399 e. The highest BCUT2D eigenvalue weighted by Gasteiger charge is 2.16. The summed E-state index contributed by atoms with van der Waals surface area (Å²) in [6.07, 6.45) is 4.99. The Morgan fingerprint density at radius 1 is 1.21 bits per heavy atom. The van der Waals surface area contributed by atoms with Gasteiger partial charge in [0.2, 0.25) is 0 Å². The Labute approximate surface area is 169 Å². The average Bonchev–Trinajstić information content (AvgIpc) is 3.12. The number of halogens is 1. The van der Waals surface area contributed by atoms with Gasteiger partial charge in [-0.3, -0.25) is 0 Å². The van der Waals surface area contributed by atoms with Crippen molar-refractivity contribution in [3.05, 3.63) is 88.5 Å². The first-order valence-corrected chi connectivity index (χ1v) is 9.11. The summed E-state index contributed by atoms with van der Waals surface area (Å²) in [4.78, 5) is 15.0. The quantitative estimate of drug-likeness (QED) is 0.433. The summed E-state index contributed by atoms with van der Waals surface area (Å²) in [5.74, 6) is 0.691. The van der Waals surface area contributed by atoms with Crippen molar-refractivity contribution < 1.29 is 9.68 Å². The van der Waals surface area contributed by atoms with Crippen molar-refractivity contribution in [1.82, 2.24) is 9.55 Å². The van der Waals surface area contributed by atoms with E-state index in [1.807, 2.05) is 73.3 Å². The van der Waals surface area contributed by atoms with E-state index in [0.717, 1.165) is 16.7 Å². The molecule has 28 heavy (non-hydrogen) atoms. The predicted octanol–water partition coefficient (Wildman–Crippen LogP) is 4.58. The van der Waals surface area contributed by atoms with Crippen molar-refractivity contribution in [1.29, 1.82) is 0 Å². The molecule has 0 amide bonds. The maximum Gasteiger partial charge on any atom is 0.162 e. The smallest absolute Gasteiger partial charge is 0.162 e. The second kappa shape index (κ2) is 9.19. The van der Waals surface area contributed by atoms with Gasteiger partial charge in [-0.15, -0.1) is 0 Å². The summed E-state index contributed by atoms with van der Waals surface area (Å²) in [5.41, 5.74) is 3.23. The first kappa shape index (κ1) is 19.6. The van der Waals surface area contributed by atoms with E-state index in [-0.39, 0.29) is 6.10 Å². The number of benzene rings is 2. The third-order valence-corrected chi connectivity index (χ3v) is 4.40. The van der Waals surface area contributed by atoms with Gasteiger partial charge in [0.05, 0.1) is 6.21 Å². The molecule has 1 unspecified atom stereocenters. The molecule has 6 nitrogen and oxygen atoms in total. The topological polar surface area (TPSA) is 61.0 Å². The number of hydrogen-bond donors (Lipinski definition) is 0. The minimum Gasteiger partial charge on any atom is -0.399 e. The molecule has 0 bridgehead atoms. The molecule has 0 saturated carbocycles. The number of rotatable bonds is 7. The third-order valence-electron chi connectivity index (χ3n) is 4.16. The second-order valence-corrected chi connectivity index (χ2v) is 6.55. The average molecular weight is 397 g/mol. The molecule has 0 aliphatic carbocycles. The van der Waals surface area contributed by atoms with Crippen LogP contribution in [-0.2, 0) is 16.7 Å². The zero-order chi connectivity index (χ0) is 19.9. The number of aromatic nitrogens is 2. The van der Waals surface area contributed by atoms with Crippen LogP contribution in [0.3, 0.4) is 0 Å². The highest BCUT2D eigenvalue weighted by molar-refractivity contribution is 6.30. The fraction of sp³-hybridized carbons (Fsp3) is 0.190. The summed E-state index contributed by atoms with van der Waals surface area (Å²) in [6.45, 7) is 1.92. The standard InChI is InChI=1S/C21H21ClN4O2/c1-15(16-8-6-9-18(22)13-16)28-24-14-17-7-4-5-10-19(17)20(25-27-3)21-23-11-12-26(21)2/h4-15H,1-3H3/b24-14+,25-20+. The van der Waals surface area contributed by atoms with E-state index in [4.69, 9.17) is 21.3 Å². The van der Waals surface area contributed by atoms with Crippen LogP contribution in [0.25, 0.3) is 0 Å². The molecular weight excluding hydrogens is 376 g/mol. The molecule has 0 spiro atoms.